The zero-order valence-corrected chi connectivity index (χ0v) is 11.6. The van der Waals surface area contributed by atoms with E-state index in [9.17, 15) is 5.11 Å². The fourth-order valence-corrected chi connectivity index (χ4v) is 3.17. The molecule has 2 rings (SSSR count). The smallest absolute Gasteiger partial charge is 0.119 e. The van der Waals surface area contributed by atoms with Crippen LogP contribution in [0, 0.1) is 0 Å². The molecule has 1 N–H and O–H groups in total. The van der Waals surface area contributed by atoms with Crippen molar-refractivity contribution in [3.05, 3.63) is 48.6 Å². The first kappa shape index (κ1) is 13.9. The van der Waals surface area contributed by atoms with Gasteiger partial charge in [0.25, 0.3) is 0 Å². The van der Waals surface area contributed by atoms with Gasteiger partial charge in [-0.1, -0.05) is 24.8 Å². The number of aliphatic hydroxyl groups is 1. The van der Waals surface area contributed by atoms with Gasteiger partial charge in [-0.15, -0.1) is 6.58 Å². The molecule has 19 heavy (non-hydrogen) atoms. The molecule has 1 aliphatic carbocycles. The van der Waals surface area contributed by atoms with E-state index in [1.165, 1.54) is 0 Å². The molecule has 0 spiro atoms. The maximum Gasteiger partial charge on any atom is 0.119 e. The molecule has 1 saturated carbocycles. The topological polar surface area (TPSA) is 29.5 Å². The minimum atomic E-state index is -0.659. The Morgan fingerprint density at radius 2 is 2.26 bits per heavy atom. The summed E-state index contributed by atoms with van der Waals surface area (Å²) in [4.78, 5) is 0. The van der Waals surface area contributed by atoms with Crippen LogP contribution >= 0.6 is 0 Å². The fraction of sp³-hybridized carbons (Fsp3) is 0.412. The second-order valence-electron chi connectivity index (χ2n) is 5.24. The fourth-order valence-electron chi connectivity index (χ4n) is 3.17. The highest BCUT2D eigenvalue weighted by Gasteiger charge is 2.41. The average molecular weight is 258 g/mol. The summed E-state index contributed by atoms with van der Waals surface area (Å²) in [5, 5.41) is 10.8. The number of ether oxygens (including phenoxy) is 1. The average Bonchev–Trinajstić information content (AvgIpc) is 2.80. The molecule has 0 amide bonds. The predicted molar refractivity (Wildman–Crippen MR) is 79.4 cm³/mol. The van der Waals surface area contributed by atoms with Gasteiger partial charge in [0.15, 0.2) is 0 Å². The van der Waals surface area contributed by atoms with Crippen LogP contribution in [-0.2, 0) is 0 Å². The molecule has 0 aromatic heterocycles. The Labute approximate surface area is 115 Å². The minimum Gasteiger partial charge on any atom is -0.497 e. The Morgan fingerprint density at radius 1 is 1.47 bits per heavy atom. The van der Waals surface area contributed by atoms with E-state index in [1.54, 1.807) is 7.11 Å². The third-order valence-corrected chi connectivity index (χ3v) is 4.14. The van der Waals surface area contributed by atoms with Gasteiger partial charge in [-0.25, -0.2) is 0 Å². The third-order valence-electron chi connectivity index (χ3n) is 4.14. The van der Waals surface area contributed by atoms with Crippen molar-refractivity contribution in [3.8, 4) is 5.75 Å². The molecule has 0 bridgehead atoms. The monoisotopic (exact) mass is 258 g/mol. The van der Waals surface area contributed by atoms with E-state index in [-0.39, 0.29) is 5.92 Å². The molecule has 1 aromatic rings. The number of hydrogen-bond donors (Lipinski definition) is 1. The van der Waals surface area contributed by atoms with Crippen molar-refractivity contribution < 1.29 is 9.84 Å². The van der Waals surface area contributed by atoms with Gasteiger partial charge in [-0.3, -0.25) is 0 Å². The van der Waals surface area contributed by atoms with E-state index in [2.05, 4.69) is 19.2 Å². The molecule has 1 aromatic carbocycles. The summed E-state index contributed by atoms with van der Waals surface area (Å²) < 4.78 is 5.25. The summed E-state index contributed by atoms with van der Waals surface area (Å²) in [6.45, 7) is 7.64. The normalized spacial score (nSPS) is 26.1. The molecule has 2 atom stereocenters. The lowest BCUT2D eigenvalue weighted by molar-refractivity contribution is 0.0329. The molecule has 0 aliphatic heterocycles. The zero-order chi connectivity index (χ0) is 13.9. The molecule has 102 valence electrons. The lowest BCUT2D eigenvalue weighted by Crippen LogP contribution is -2.31. The Balaban J connectivity index is 2.40. The number of hydrogen-bond acceptors (Lipinski definition) is 2. The van der Waals surface area contributed by atoms with Crippen LogP contribution < -0.4 is 4.74 Å². The third kappa shape index (κ3) is 2.59. The Bertz CT molecular complexity index is 478. The van der Waals surface area contributed by atoms with Crippen LogP contribution in [0.25, 0.3) is 6.08 Å². The SMILES string of the molecule is C=CC[C@]1(O)CCC[C@H]1c1ccc(OC)cc1C=C. The minimum absolute atomic E-state index is 0.157. The van der Waals surface area contributed by atoms with Gasteiger partial charge in [0, 0.05) is 5.92 Å². The summed E-state index contributed by atoms with van der Waals surface area (Å²) in [5.41, 5.74) is 1.56. The maximum atomic E-state index is 10.8. The molecular formula is C17H22O2. The van der Waals surface area contributed by atoms with Crippen molar-refractivity contribution in [1.29, 1.82) is 0 Å². The van der Waals surface area contributed by atoms with Gasteiger partial charge in [-0.05, 0) is 48.9 Å². The lowest BCUT2D eigenvalue weighted by Gasteiger charge is -2.30. The number of methoxy groups -OCH3 is 1. The summed E-state index contributed by atoms with van der Waals surface area (Å²) >= 11 is 0. The van der Waals surface area contributed by atoms with Gasteiger partial charge < -0.3 is 9.84 Å². The number of rotatable bonds is 5. The molecule has 0 saturated heterocycles. The Morgan fingerprint density at radius 3 is 2.89 bits per heavy atom. The van der Waals surface area contributed by atoms with Crippen molar-refractivity contribution in [2.75, 3.05) is 7.11 Å². The van der Waals surface area contributed by atoms with Gasteiger partial charge in [0.1, 0.15) is 5.75 Å². The summed E-state index contributed by atoms with van der Waals surface area (Å²) in [6.07, 6.45) is 7.20. The van der Waals surface area contributed by atoms with E-state index in [4.69, 9.17) is 4.74 Å². The van der Waals surface area contributed by atoms with Gasteiger partial charge in [0.05, 0.1) is 12.7 Å². The van der Waals surface area contributed by atoms with E-state index >= 15 is 0 Å². The van der Waals surface area contributed by atoms with Crippen molar-refractivity contribution in [3.63, 3.8) is 0 Å². The van der Waals surface area contributed by atoms with E-state index in [1.807, 2.05) is 24.3 Å². The largest absolute Gasteiger partial charge is 0.497 e. The van der Waals surface area contributed by atoms with Crippen LogP contribution in [-0.4, -0.2) is 17.8 Å². The van der Waals surface area contributed by atoms with Crippen LogP contribution in [0.4, 0.5) is 0 Å². The van der Waals surface area contributed by atoms with E-state index < -0.39 is 5.60 Å². The highest BCUT2D eigenvalue weighted by atomic mass is 16.5. The van der Waals surface area contributed by atoms with Crippen molar-refractivity contribution in [2.45, 2.75) is 37.2 Å². The maximum absolute atomic E-state index is 10.8. The lowest BCUT2D eigenvalue weighted by atomic mass is 9.80. The molecule has 1 aliphatic rings. The first-order valence-electron chi connectivity index (χ1n) is 6.78. The molecule has 2 heteroatoms. The summed E-state index contributed by atoms with van der Waals surface area (Å²) in [7, 11) is 1.66. The highest BCUT2D eigenvalue weighted by Crippen LogP contribution is 2.46. The molecule has 0 heterocycles. The molecule has 0 radical (unpaired) electrons. The van der Waals surface area contributed by atoms with Crippen LogP contribution in [0.5, 0.6) is 5.75 Å². The van der Waals surface area contributed by atoms with Gasteiger partial charge >= 0.3 is 0 Å². The second kappa shape index (κ2) is 5.62. The van der Waals surface area contributed by atoms with Crippen LogP contribution in [0.3, 0.4) is 0 Å². The molecule has 0 unspecified atom stereocenters. The predicted octanol–water partition coefficient (Wildman–Crippen LogP) is 3.91. The standard InChI is InChI=1S/C17H22O2/c1-4-10-17(18)11-6-7-16(17)15-9-8-14(19-3)12-13(15)5-2/h4-5,8-9,12,16,18H,1-2,6-7,10-11H2,3H3/t16-,17-/m0/s1. The van der Waals surface area contributed by atoms with Crippen molar-refractivity contribution in [1.82, 2.24) is 0 Å². The second-order valence-corrected chi connectivity index (χ2v) is 5.24. The highest BCUT2D eigenvalue weighted by molar-refractivity contribution is 5.56. The van der Waals surface area contributed by atoms with Gasteiger partial charge in [-0.2, -0.15) is 0 Å². The quantitative estimate of drug-likeness (QED) is 0.811. The number of benzene rings is 1. The molecular weight excluding hydrogens is 236 g/mol. The van der Waals surface area contributed by atoms with E-state index in [0.29, 0.717) is 6.42 Å². The Hall–Kier alpha value is -1.54. The van der Waals surface area contributed by atoms with Crippen LogP contribution in [0.2, 0.25) is 0 Å². The molecule has 2 nitrogen and oxygen atoms in total. The zero-order valence-electron chi connectivity index (χ0n) is 11.6. The summed E-state index contributed by atoms with van der Waals surface area (Å²) in [6, 6.07) is 5.99. The van der Waals surface area contributed by atoms with Crippen LogP contribution in [0.15, 0.2) is 37.4 Å². The van der Waals surface area contributed by atoms with Gasteiger partial charge in [0.2, 0.25) is 0 Å². The Kier molecular flexibility index (Phi) is 4.11. The first-order chi connectivity index (χ1) is 9.14. The first-order valence-corrected chi connectivity index (χ1v) is 6.78. The summed E-state index contributed by atoms with van der Waals surface area (Å²) in [5.74, 6) is 0.980. The van der Waals surface area contributed by atoms with E-state index in [0.717, 1.165) is 36.1 Å². The molecule has 1 fully saturated rings. The van der Waals surface area contributed by atoms with Crippen molar-refractivity contribution >= 4 is 6.08 Å². The van der Waals surface area contributed by atoms with Crippen LogP contribution in [0.1, 0.15) is 42.7 Å². The van der Waals surface area contributed by atoms with Crippen molar-refractivity contribution in [2.24, 2.45) is 0 Å².